The van der Waals surface area contributed by atoms with Gasteiger partial charge in [-0.05, 0) is 20.3 Å². The predicted molar refractivity (Wildman–Crippen MR) is 44.1 cm³/mol. The molecule has 0 aliphatic rings. The van der Waals surface area contributed by atoms with E-state index >= 15 is 0 Å². The van der Waals surface area contributed by atoms with Gasteiger partial charge in [0.1, 0.15) is 0 Å². The van der Waals surface area contributed by atoms with E-state index in [4.69, 9.17) is 10.2 Å². The summed E-state index contributed by atoms with van der Waals surface area (Å²) in [5.41, 5.74) is -1.65. The molecule has 0 saturated carbocycles. The quantitative estimate of drug-likeness (QED) is 0.617. The standard InChI is InChI=1S/C8H14O5/c1-4-5(6(9)10)13-7(11)8(2,3)12/h5,12H,4H2,1-3H3,(H,9,10). The van der Waals surface area contributed by atoms with Crippen LogP contribution < -0.4 is 0 Å². The summed E-state index contributed by atoms with van der Waals surface area (Å²) in [6.07, 6.45) is -1.00. The highest BCUT2D eigenvalue weighted by Gasteiger charge is 2.30. The van der Waals surface area contributed by atoms with Gasteiger partial charge >= 0.3 is 11.9 Å². The van der Waals surface area contributed by atoms with E-state index in [0.717, 1.165) is 0 Å². The highest BCUT2D eigenvalue weighted by atomic mass is 16.6. The molecule has 0 saturated heterocycles. The Morgan fingerprint density at radius 2 is 1.92 bits per heavy atom. The van der Waals surface area contributed by atoms with Crippen LogP contribution in [0.2, 0.25) is 0 Å². The second kappa shape index (κ2) is 4.23. The molecule has 0 fully saturated rings. The lowest BCUT2D eigenvalue weighted by Crippen LogP contribution is -2.38. The van der Waals surface area contributed by atoms with E-state index in [0.29, 0.717) is 0 Å². The minimum atomic E-state index is -1.65. The van der Waals surface area contributed by atoms with Crippen molar-refractivity contribution >= 4 is 11.9 Å². The van der Waals surface area contributed by atoms with Gasteiger partial charge < -0.3 is 14.9 Å². The van der Waals surface area contributed by atoms with Gasteiger partial charge in [0.25, 0.3) is 0 Å². The summed E-state index contributed by atoms with van der Waals surface area (Å²) in [5.74, 6) is -2.14. The number of carbonyl (C=O) groups is 2. The van der Waals surface area contributed by atoms with Crippen molar-refractivity contribution < 1.29 is 24.5 Å². The first-order valence-electron chi connectivity index (χ1n) is 3.95. The number of ether oxygens (including phenoxy) is 1. The Balaban J connectivity index is 4.26. The molecule has 0 spiro atoms. The number of hydrogen-bond donors (Lipinski definition) is 2. The number of rotatable bonds is 4. The summed E-state index contributed by atoms with van der Waals surface area (Å²) in [5, 5.41) is 17.7. The number of hydrogen-bond acceptors (Lipinski definition) is 4. The molecular formula is C8H14O5. The molecule has 0 aliphatic heterocycles. The van der Waals surface area contributed by atoms with Crippen molar-refractivity contribution in [3.05, 3.63) is 0 Å². The van der Waals surface area contributed by atoms with Gasteiger partial charge in [0.15, 0.2) is 11.7 Å². The lowest BCUT2D eigenvalue weighted by atomic mass is 10.1. The van der Waals surface area contributed by atoms with Crippen molar-refractivity contribution in [1.82, 2.24) is 0 Å². The van der Waals surface area contributed by atoms with E-state index in [9.17, 15) is 9.59 Å². The van der Waals surface area contributed by atoms with Gasteiger partial charge in [-0.25, -0.2) is 9.59 Å². The highest BCUT2D eigenvalue weighted by Crippen LogP contribution is 2.08. The second-order valence-corrected chi connectivity index (χ2v) is 3.20. The van der Waals surface area contributed by atoms with Crippen molar-refractivity contribution in [3.63, 3.8) is 0 Å². The molecule has 2 N–H and O–H groups in total. The summed E-state index contributed by atoms with van der Waals surface area (Å²) in [4.78, 5) is 21.4. The van der Waals surface area contributed by atoms with Crippen molar-refractivity contribution in [1.29, 1.82) is 0 Å². The average molecular weight is 190 g/mol. The maximum atomic E-state index is 11.0. The fraction of sp³-hybridized carbons (Fsp3) is 0.750. The fourth-order valence-electron chi connectivity index (χ4n) is 0.582. The first-order valence-corrected chi connectivity index (χ1v) is 3.95. The van der Waals surface area contributed by atoms with Crippen LogP contribution in [0.3, 0.4) is 0 Å². The minimum absolute atomic E-state index is 0.178. The van der Waals surface area contributed by atoms with Crippen LogP contribution in [0, 0.1) is 0 Å². The van der Waals surface area contributed by atoms with E-state index in [2.05, 4.69) is 4.74 Å². The molecule has 5 heteroatoms. The van der Waals surface area contributed by atoms with Gasteiger partial charge in [0.2, 0.25) is 0 Å². The Labute approximate surface area is 76.3 Å². The monoisotopic (exact) mass is 190 g/mol. The third-order valence-corrected chi connectivity index (χ3v) is 1.40. The SMILES string of the molecule is CCC(OC(=O)C(C)(C)O)C(=O)O. The van der Waals surface area contributed by atoms with Crippen molar-refractivity contribution in [2.45, 2.75) is 38.9 Å². The summed E-state index contributed by atoms with van der Waals surface area (Å²) in [6, 6.07) is 0. The summed E-state index contributed by atoms with van der Waals surface area (Å²) in [7, 11) is 0. The fourth-order valence-corrected chi connectivity index (χ4v) is 0.582. The number of carboxylic acid groups (broad SMARTS) is 1. The van der Waals surface area contributed by atoms with E-state index < -0.39 is 23.6 Å². The minimum Gasteiger partial charge on any atom is -0.479 e. The maximum absolute atomic E-state index is 11.0. The molecule has 1 atom stereocenters. The molecule has 0 aromatic heterocycles. The Hall–Kier alpha value is -1.10. The molecule has 0 rings (SSSR count). The van der Waals surface area contributed by atoms with Gasteiger partial charge in [-0.1, -0.05) is 6.92 Å². The van der Waals surface area contributed by atoms with Crippen LogP contribution in [0.5, 0.6) is 0 Å². The van der Waals surface area contributed by atoms with Crippen molar-refractivity contribution in [2.75, 3.05) is 0 Å². The number of carbonyl (C=O) groups excluding carboxylic acids is 1. The summed E-state index contributed by atoms with van der Waals surface area (Å²) in [6.45, 7) is 4.06. The second-order valence-electron chi connectivity index (χ2n) is 3.20. The zero-order valence-electron chi connectivity index (χ0n) is 7.90. The molecule has 1 unspecified atom stereocenters. The van der Waals surface area contributed by atoms with Crippen molar-refractivity contribution in [2.24, 2.45) is 0 Å². The number of carboxylic acids is 1. The lowest BCUT2D eigenvalue weighted by Gasteiger charge is -2.18. The zero-order chi connectivity index (χ0) is 10.6. The lowest BCUT2D eigenvalue weighted by molar-refractivity contribution is -0.176. The molecule has 0 aromatic carbocycles. The normalized spacial score (nSPS) is 13.5. The van der Waals surface area contributed by atoms with Crippen LogP contribution in [-0.2, 0) is 14.3 Å². The number of aliphatic carboxylic acids is 1. The van der Waals surface area contributed by atoms with Crippen LogP contribution in [0.4, 0.5) is 0 Å². The van der Waals surface area contributed by atoms with Crippen LogP contribution in [0.25, 0.3) is 0 Å². The smallest absolute Gasteiger partial charge is 0.345 e. The first kappa shape index (κ1) is 11.9. The van der Waals surface area contributed by atoms with E-state index in [-0.39, 0.29) is 6.42 Å². The molecule has 0 heterocycles. The van der Waals surface area contributed by atoms with E-state index in [1.54, 1.807) is 6.92 Å². The largest absolute Gasteiger partial charge is 0.479 e. The molecule has 0 bridgehead atoms. The van der Waals surface area contributed by atoms with Gasteiger partial charge in [-0.15, -0.1) is 0 Å². The molecule has 76 valence electrons. The van der Waals surface area contributed by atoms with Gasteiger partial charge in [-0.2, -0.15) is 0 Å². The average Bonchev–Trinajstić information content (AvgIpc) is 1.96. The third-order valence-electron chi connectivity index (χ3n) is 1.40. The Kier molecular flexibility index (Phi) is 3.87. The van der Waals surface area contributed by atoms with Gasteiger partial charge in [0, 0.05) is 0 Å². The predicted octanol–water partition coefficient (Wildman–Crippen LogP) is 0.164. The Morgan fingerprint density at radius 1 is 1.46 bits per heavy atom. The van der Waals surface area contributed by atoms with E-state index in [1.165, 1.54) is 13.8 Å². The van der Waals surface area contributed by atoms with Crippen LogP contribution in [-0.4, -0.2) is 33.9 Å². The van der Waals surface area contributed by atoms with Crippen LogP contribution in [0.1, 0.15) is 27.2 Å². The van der Waals surface area contributed by atoms with Crippen molar-refractivity contribution in [3.8, 4) is 0 Å². The molecule has 0 aromatic rings. The molecular weight excluding hydrogens is 176 g/mol. The molecule has 0 radical (unpaired) electrons. The van der Waals surface area contributed by atoms with Crippen LogP contribution >= 0.6 is 0 Å². The number of aliphatic hydroxyl groups is 1. The Morgan fingerprint density at radius 3 is 2.15 bits per heavy atom. The number of esters is 1. The first-order chi connectivity index (χ1) is 5.79. The van der Waals surface area contributed by atoms with Gasteiger partial charge in [-0.3, -0.25) is 0 Å². The molecule has 5 nitrogen and oxygen atoms in total. The Bertz CT molecular complexity index is 203. The highest BCUT2D eigenvalue weighted by molar-refractivity contribution is 5.82. The van der Waals surface area contributed by atoms with E-state index in [1.807, 2.05) is 0 Å². The molecule has 0 amide bonds. The topological polar surface area (TPSA) is 83.8 Å². The van der Waals surface area contributed by atoms with Gasteiger partial charge in [0.05, 0.1) is 0 Å². The zero-order valence-corrected chi connectivity index (χ0v) is 7.90. The maximum Gasteiger partial charge on any atom is 0.345 e. The summed E-state index contributed by atoms with van der Waals surface area (Å²) >= 11 is 0. The third kappa shape index (κ3) is 3.89. The summed E-state index contributed by atoms with van der Waals surface area (Å²) < 4.78 is 4.54. The molecule has 13 heavy (non-hydrogen) atoms. The molecule has 0 aliphatic carbocycles. The van der Waals surface area contributed by atoms with Crippen LogP contribution in [0.15, 0.2) is 0 Å².